The Balaban J connectivity index is 2.39. The summed E-state index contributed by atoms with van der Waals surface area (Å²) in [6.07, 6.45) is 2.24. The molecule has 1 unspecified atom stereocenters. The number of hydrogen-bond acceptors (Lipinski definition) is 4. The minimum Gasteiger partial charge on any atom is -0.315 e. The molecule has 0 spiro atoms. The van der Waals surface area contributed by atoms with Gasteiger partial charge in [0.1, 0.15) is 0 Å². The maximum Gasteiger partial charge on any atom is 0.245 e. The van der Waals surface area contributed by atoms with Crippen molar-refractivity contribution in [3.05, 3.63) is 14.7 Å². The summed E-state index contributed by atoms with van der Waals surface area (Å²) in [6.45, 7) is 2.34. The molecule has 7 heteroatoms. The topological polar surface area (TPSA) is 63.4 Å². The van der Waals surface area contributed by atoms with Crippen LogP contribution in [-0.2, 0) is 10.0 Å². The van der Waals surface area contributed by atoms with Gasteiger partial charge in [-0.3, -0.25) is 0 Å². The molecule has 1 saturated heterocycles. The van der Waals surface area contributed by atoms with Crippen LogP contribution >= 0.6 is 27.3 Å². The van der Waals surface area contributed by atoms with Crippen molar-refractivity contribution in [1.29, 1.82) is 0 Å². The van der Waals surface area contributed by atoms with Gasteiger partial charge >= 0.3 is 0 Å². The third-order valence-electron chi connectivity index (χ3n) is 2.93. The number of piperidine rings is 1. The molecule has 0 amide bonds. The molecule has 17 heavy (non-hydrogen) atoms. The van der Waals surface area contributed by atoms with E-state index in [2.05, 4.69) is 15.9 Å². The fraction of sp³-hybridized carbons (Fsp3) is 0.600. The van der Waals surface area contributed by atoms with E-state index in [4.69, 9.17) is 5.73 Å². The van der Waals surface area contributed by atoms with Crippen molar-refractivity contribution in [3.63, 3.8) is 0 Å². The van der Waals surface area contributed by atoms with Crippen LogP contribution in [0.5, 0.6) is 0 Å². The quantitative estimate of drug-likeness (QED) is 0.899. The molecule has 96 valence electrons. The normalized spacial score (nSPS) is 22.9. The maximum absolute atomic E-state index is 12.5. The molecule has 1 atom stereocenters. The third-order valence-corrected chi connectivity index (χ3v) is 6.66. The lowest BCUT2D eigenvalue weighted by atomic mass is 10.1. The zero-order valence-corrected chi connectivity index (χ0v) is 12.7. The van der Waals surface area contributed by atoms with Gasteiger partial charge in [-0.2, -0.15) is 4.31 Å². The molecule has 0 bridgehead atoms. The van der Waals surface area contributed by atoms with Crippen LogP contribution in [0.3, 0.4) is 0 Å². The van der Waals surface area contributed by atoms with Crippen LogP contribution in [0, 0.1) is 6.92 Å². The molecular formula is C10H15BrN2O2S2. The van der Waals surface area contributed by atoms with Crippen molar-refractivity contribution < 1.29 is 8.42 Å². The standard InChI is InChI=1S/C10H15BrN2O2S2/c1-7-8(6-9(11)16-7)17(14,15)13-5-3-2-4-10(13)12/h6,10H,2-5,12H2,1H3. The van der Waals surface area contributed by atoms with Gasteiger partial charge in [0.25, 0.3) is 0 Å². The number of rotatable bonds is 2. The van der Waals surface area contributed by atoms with Gasteiger partial charge in [-0.05, 0) is 48.2 Å². The number of thiophene rings is 1. The molecule has 1 aliphatic heterocycles. The molecule has 0 saturated carbocycles. The van der Waals surface area contributed by atoms with Crippen LogP contribution in [-0.4, -0.2) is 25.4 Å². The fourth-order valence-corrected chi connectivity index (χ4v) is 6.01. The number of nitrogens with two attached hydrogens (primary N) is 1. The first kappa shape index (κ1) is 13.5. The summed E-state index contributed by atoms with van der Waals surface area (Å²) in [6, 6.07) is 1.66. The van der Waals surface area contributed by atoms with Gasteiger partial charge in [0.15, 0.2) is 0 Å². The molecule has 2 N–H and O–H groups in total. The average molecular weight is 339 g/mol. The van der Waals surface area contributed by atoms with Crippen LogP contribution in [0.15, 0.2) is 14.7 Å². The second-order valence-corrected chi connectivity index (χ2v) is 8.64. The lowest BCUT2D eigenvalue weighted by Crippen LogP contribution is -2.48. The van der Waals surface area contributed by atoms with E-state index >= 15 is 0 Å². The van der Waals surface area contributed by atoms with Crippen molar-refractivity contribution in [2.24, 2.45) is 5.73 Å². The van der Waals surface area contributed by atoms with Crippen LogP contribution in [0.4, 0.5) is 0 Å². The first-order valence-electron chi connectivity index (χ1n) is 5.46. The Kier molecular flexibility index (Phi) is 3.94. The van der Waals surface area contributed by atoms with Gasteiger partial charge in [-0.1, -0.05) is 0 Å². The molecule has 2 rings (SSSR count). The zero-order valence-electron chi connectivity index (χ0n) is 9.52. The van der Waals surface area contributed by atoms with Crippen molar-refractivity contribution in [1.82, 2.24) is 4.31 Å². The molecule has 1 aromatic rings. The fourth-order valence-electron chi connectivity index (χ4n) is 2.04. The molecule has 2 heterocycles. The van der Waals surface area contributed by atoms with Crippen LogP contribution in [0.1, 0.15) is 24.1 Å². The Morgan fingerprint density at radius 1 is 1.53 bits per heavy atom. The minimum absolute atomic E-state index is 0.381. The highest BCUT2D eigenvalue weighted by Crippen LogP contribution is 2.33. The van der Waals surface area contributed by atoms with Gasteiger partial charge in [0.2, 0.25) is 10.0 Å². The van der Waals surface area contributed by atoms with E-state index in [-0.39, 0.29) is 6.17 Å². The minimum atomic E-state index is -3.43. The lowest BCUT2D eigenvalue weighted by molar-refractivity contribution is 0.258. The maximum atomic E-state index is 12.5. The Morgan fingerprint density at radius 2 is 2.24 bits per heavy atom. The monoisotopic (exact) mass is 338 g/mol. The Labute approximate surface area is 114 Å². The molecule has 0 radical (unpaired) electrons. The van der Waals surface area contributed by atoms with E-state index in [9.17, 15) is 8.42 Å². The highest BCUT2D eigenvalue weighted by atomic mass is 79.9. The SMILES string of the molecule is Cc1sc(Br)cc1S(=O)(=O)N1CCCCC1N. The largest absolute Gasteiger partial charge is 0.315 e. The Bertz CT molecular complexity index is 512. The van der Waals surface area contributed by atoms with Crippen LogP contribution in [0.2, 0.25) is 0 Å². The Hall–Kier alpha value is 0.0500. The van der Waals surface area contributed by atoms with Crippen molar-refractivity contribution in [2.75, 3.05) is 6.54 Å². The van der Waals surface area contributed by atoms with Crippen molar-refractivity contribution in [3.8, 4) is 0 Å². The lowest BCUT2D eigenvalue weighted by Gasteiger charge is -2.31. The third kappa shape index (κ3) is 2.58. The highest BCUT2D eigenvalue weighted by Gasteiger charge is 2.33. The summed E-state index contributed by atoms with van der Waals surface area (Å²) in [4.78, 5) is 1.18. The van der Waals surface area contributed by atoms with Crippen LogP contribution in [0.25, 0.3) is 0 Å². The smallest absolute Gasteiger partial charge is 0.245 e. The second kappa shape index (κ2) is 4.97. The number of nitrogens with zero attached hydrogens (tertiary/aromatic N) is 1. The summed E-state index contributed by atoms with van der Waals surface area (Å²) in [7, 11) is -3.43. The second-order valence-electron chi connectivity index (χ2n) is 4.15. The first-order chi connectivity index (χ1) is 7.93. The highest BCUT2D eigenvalue weighted by molar-refractivity contribution is 9.11. The van der Waals surface area contributed by atoms with E-state index in [1.54, 1.807) is 6.07 Å². The summed E-state index contributed by atoms with van der Waals surface area (Å²) in [5, 5.41) is 0. The summed E-state index contributed by atoms with van der Waals surface area (Å²) in [5.74, 6) is 0. The van der Waals surface area contributed by atoms with Crippen molar-refractivity contribution >= 4 is 37.3 Å². The molecule has 0 aromatic carbocycles. The van der Waals surface area contributed by atoms with Gasteiger partial charge in [-0.15, -0.1) is 11.3 Å². The van der Waals surface area contributed by atoms with Gasteiger partial charge in [-0.25, -0.2) is 8.42 Å². The number of sulfonamides is 1. The predicted molar refractivity (Wildman–Crippen MR) is 72.5 cm³/mol. The number of halogens is 1. The predicted octanol–water partition coefficient (Wildman–Crippen LogP) is 2.28. The summed E-state index contributed by atoms with van der Waals surface area (Å²) in [5.41, 5.74) is 5.90. The first-order valence-corrected chi connectivity index (χ1v) is 8.51. The van der Waals surface area contributed by atoms with E-state index in [0.29, 0.717) is 11.4 Å². The average Bonchev–Trinajstić information content (AvgIpc) is 2.59. The Morgan fingerprint density at radius 3 is 2.76 bits per heavy atom. The molecule has 4 nitrogen and oxygen atoms in total. The molecule has 1 aliphatic rings. The summed E-state index contributed by atoms with van der Waals surface area (Å²) < 4.78 is 27.2. The number of hydrogen-bond donors (Lipinski definition) is 1. The van der Waals surface area contributed by atoms with Crippen molar-refractivity contribution in [2.45, 2.75) is 37.2 Å². The molecule has 0 aliphatic carbocycles. The molecule has 1 aromatic heterocycles. The number of aryl methyl sites for hydroxylation is 1. The van der Waals surface area contributed by atoms with Gasteiger partial charge < -0.3 is 5.73 Å². The van der Waals surface area contributed by atoms with E-state index in [1.165, 1.54) is 15.6 Å². The van der Waals surface area contributed by atoms with Gasteiger partial charge in [0, 0.05) is 11.4 Å². The van der Waals surface area contributed by atoms with E-state index < -0.39 is 10.0 Å². The van der Waals surface area contributed by atoms with E-state index in [1.807, 2.05) is 6.92 Å². The molecular weight excluding hydrogens is 324 g/mol. The molecule has 1 fully saturated rings. The summed E-state index contributed by atoms with van der Waals surface area (Å²) >= 11 is 4.75. The van der Waals surface area contributed by atoms with Gasteiger partial charge in [0.05, 0.1) is 14.8 Å². The van der Waals surface area contributed by atoms with Crippen LogP contribution < -0.4 is 5.73 Å². The zero-order chi connectivity index (χ0) is 12.6. The van der Waals surface area contributed by atoms with E-state index in [0.717, 1.165) is 27.9 Å².